The Morgan fingerprint density at radius 1 is 1.10 bits per heavy atom. The molecular weight excluding hydrogens is 394 g/mol. The summed E-state index contributed by atoms with van der Waals surface area (Å²) < 4.78 is 26.5. The van der Waals surface area contributed by atoms with Gasteiger partial charge in [-0.1, -0.05) is 17.3 Å². The molecule has 1 aliphatic heterocycles. The maximum atomic E-state index is 12.4. The van der Waals surface area contributed by atoms with Crippen LogP contribution in [0.4, 0.5) is 11.4 Å². The Kier molecular flexibility index (Phi) is 5.01. The number of anilines is 2. The fourth-order valence-electron chi connectivity index (χ4n) is 3.24. The molecular formula is C19H19N5O4S. The zero-order chi connectivity index (χ0) is 20.4. The van der Waals surface area contributed by atoms with Gasteiger partial charge >= 0.3 is 0 Å². The second-order valence-corrected chi connectivity index (χ2v) is 8.73. The summed E-state index contributed by atoms with van der Waals surface area (Å²) in [4.78, 5) is 24.6. The number of sulfonamides is 1. The number of nitrogens with zero attached hydrogens (tertiary/aromatic N) is 4. The molecule has 0 atom stereocenters. The Morgan fingerprint density at radius 3 is 2.59 bits per heavy atom. The largest absolute Gasteiger partial charge is 0.326 e. The minimum Gasteiger partial charge on any atom is -0.326 e. The van der Waals surface area contributed by atoms with Crippen LogP contribution in [0.1, 0.15) is 12.8 Å². The SMILES string of the molecule is O=C(CCn1nnc2ccccc2c1=O)Nc1ccc(N2CCCS2(=O)=O)cc1. The van der Waals surface area contributed by atoms with E-state index in [0.29, 0.717) is 35.2 Å². The molecule has 0 radical (unpaired) electrons. The molecule has 29 heavy (non-hydrogen) atoms. The smallest absolute Gasteiger partial charge is 0.277 e. The fraction of sp³-hybridized carbons (Fsp3) is 0.263. The fourth-order valence-corrected chi connectivity index (χ4v) is 4.81. The summed E-state index contributed by atoms with van der Waals surface area (Å²) in [6.07, 6.45) is 0.660. The third-order valence-corrected chi connectivity index (χ3v) is 6.59. The van der Waals surface area contributed by atoms with Crippen molar-refractivity contribution in [1.82, 2.24) is 15.0 Å². The number of rotatable bonds is 5. The molecule has 2 heterocycles. The standard InChI is InChI=1S/C19H19N5O4S/c25-18(10-12-23-19(26)16-4-1-2-5-17(16)21-22-23)20-14-6-8-15(9-7-14)24-11-3-13-29(24,27)28/h1-2,4-9H,3,10-13H2,(H,20,25). The van der Waals surface area contributed by atoms with Crippen LogP contribution in [-0.2, 0) is 21.4 Å². The topological polar surface area (TPSA) is 114 Å². The number of amides is 1. The van der Waals surface area contributed by atoms with Gasteiger partial charge in [-0.3, -0.25) is 13.9 Å². The molecule has 1 N–H and O–H groups in total. The minimum absolute atomic E-state index is 0.0508. The molecule has 9 nitrogen and oxygen atoms in total. The molecule has 0 saturated carbocycles. The molecule has 1 saturated heterocycles. The van der Waals surface area contributed by atoms with Crippen LogP contribution in [0.25, 0.3) is 10.9 Å². The van der Waals surface area contributed by atoms with E-state index in [1.807, 2.05) is 0 Å². The molecule has 1 aliphatic rings. The van der Waals surface area contributed by atoms with E-state index in [-0.39, 0.29) is 30.2 Å². The number of carbonyl (C=O) groups is 1. The Labute approximate surface area is 167 Å². The molecule has 3 aromatic rings. The Morgan fingerprint density at radius 2 is 1.86 bits per heavy atom. The van der Waals surface area contributed by atoms with Crippen molar-refractivity contribution >= 4 is 38.2 Å². The van der Waals surface area contributed by atoms with Crippen LogP contribution in [0.5, 0.6) is 0 Å². The number of nitrogens with one attached hydrogen (secondary N) is 1. The van der Waals surface area contributed by atoms with Crippen LogP contribution in [0, 0.1) is 0 Å². The molecule has 0 aliphatic carbocycles. The van der Waals surface area contributed by atoms with E-state index in [1.165, 1.54) is 8.99 Å². The van der Waals surface area contributed by atoms with Gasteiger partial charge in [0.25, 0.3) is 5.56 Å². The van der Waals surface area contributed by atoms with Gasteiger partial charge in [0.2, 0.25) is 15.9 Å². The lowest BCUT2D eigenvalue weighted by atomic mass is 10.2. The van der Waals surface area contributed by atoms with Gasteiger partial charge in [0.1, 0.15) is 5.52 Å². The van der Waals surface area contributed by atoms with Crippen LogP contribution < -0.4 is 15.2 Å². The molecule has 0 spiro atoms. The molecule has 0 bridgehead atoms. The molecule has 1 aromatic heterocycles. The van der Waals surface area contributed by atoms with Crippen LogP contribution in [-0.4, -0.2) is 41.6 Å². The van der Waals surface area contributed by atoms with E-state index in [0.717, 1.165) is 0 Å². The van der Waals surface area contributed by atoms with E-state index in [9.17, 15) is 18.0 Å². The Hall–Kier alpha value is -3.27. The van der Waals surface area contributed by atoms with Gasteiger partial charge in [0, 0.05) is 18.7 Å². The van der Waals surface area contributed by atoms with Crippen LogP contribution in [0.15, 0.2) is 53.3 Å². The maximum Gasteiger partial charge on any atom is 0.277 e. The predicted octanol–water partition coefficient (Wildman–Crippen LogP) is 1.36. The summed E-state index contributed by atoms with van der Waals surface area (Å²) >= 11 is 0. The third kappa shape index (κ3) is 3.97. The summed E-state index contributed by atoms with van der Waals surface area (Å²) in [5.41, 5.74) is 1.35. The summed E-state index contributed by atoms with van der Waals surface area (Å²) in [6.45, 7) is 0.572. The highest BCUT2D eigenvalue weighted by Crippen LogP contribution is 2.25. The highest BCUT2D eigenvalue weighted by molar-refractivity contribution is 7.93. The number of aromatic nitrogens is 3. The lowest BCUT2D eigenvalue weighted by Crippen LogP contribution is -2.26. The van der Waals surface area contributed by atoms with E-state index < -0.39 is 10.0 Å². The van der Waals surface area contributed by atoms with Crippen LogP contribution in [0.3, 0.4) is 0 Å². The lowest BCUT2D eigenvalue weighted by Gasteiger charge is -2.17. The predicted molar refractivity (Wildman–Crippen MR) is 109 cm³/mol. The van der Waals surface area contributed by atoms with Gasteiger partial charge in [-0.15, -0.1) is 5.10 Å². The van der Waals surface area contributed by atoms with Crippen molar-refractivity contribution < 1.29 is 13.2 Å². The number of carbonyl (C=O) groups excluding carboxylic acids is 1. The zero-order valence-corrected chi connectivity index (χ0v) is 16.3. The van der Waals surface area contributed by atoms with Gasteiger partial charge < -0.3 is 5.32 Å². The quantitative estimate of drug-likeness (QED) is 0.676. The lowest BCUT2D eigenvalue weighted by molar-refractivity contribution is -0.116. The Bertz CT molecular complexity index is 1220. The number of hydrogen-bond acceptors (Lipinski definition) is 6. The number of fused-ring (bicyclic) bond motifs is 1. The first-order chi connectivity index (χ1) is 13.9. The first-order valence-corrected chi connectivity index (χ1v) is 10.8. The number of hydrogen-bond donors (Lipinski definition) is 1. The van der Waals surface area contributed by atoms with Crippen molar-refractivity contribution in [2.75, 3.05) is 21.9 Å². The van der Waals surface area contributed by atoms with Crippen molar-refractivity contribution in [2.24, 2.45) is 0 Å². The van der Waals surface area contributed by atoms with E-state index in [1.54, 1.807) is 48.5 Å². The third-order valence-electron chi connectivity index (χ3n) is 4.72. The van der Waals surface area contributed by atoms with Crippen LogP contribution in [0.2, 0.25) is 0 Å². The number of aryl methyl sites for hydroxylation is 1. The highest BCUT2D eigenvalue weighted by atomic mass is 32.2. The summed E-state index contributed by atoms with van der Waals surface area (Å²) in [5, 5.41) is 11.0. The van der Waals surface area contributed by atoms with Crippen molar-refractivity contribution in [3.63, 3.8) is 0 Å². The first kappa shape index (κ1) is 19.1. The normalized spacial score (nSPS) is 15.5. The molecule has 1 fully saturated rings. The number of benzene rings is 2. The van der Waals surface area contributed by atoms with Crippen molar-refractivity contribution in [3.8, 4) is 0 Å². The van der Waals surface area contributed by atoms with E-state index in [2.05, 4.69) is 15.6 Å². The van der Waals surface area contributed by atoms with E-state index >= 15 is 0 Å². The monoisotopic (exact) mass is 413 g/mol. The molecule has 1 amide bonds. The summed E-state index contributed by atoms with van der Waals surface area (Å²) in [6, 6.07) is 13.5. The maximum absolute atomic E-state index is 12.4. The zero-order valence-electron chi connectivity index (χ0n) is 15.5. The average molecular weight is 413 g/mol. The van der Waals surface area contributed by atoms with Gasteiger partial charge in [-0.05, 0) is 42.8 Å². The average Bonchev–Trinajstić information content (AvgIpc) is 3.07. The minimum atomic E-state index is -3.23. The molecule has 10 heteroatoms. The molecule has 150 valence electrons. The van der Waals surface area contributed by atoms with E-state index in [4.69, 9.17) is 0 Å². The highest BCUT2D eigenvalue weighted by Gasteiger charge is 2.28. The molecule has 2 aromatic carbocycles. The second kappa shape index (κ2) is 7.63. The Balaban J connectivity index is 1.39. The van der Waals surface area contributed by atoms with Crippen molar-refractivity contribution in [1.29, 1.82) is 0 Å². The molecule has 0 unspecified atom stereocenters. The summed E-state index contributed by atoms with van der Waals surface area (Å²) in [7, 11) is -3.23. The van der Waals surface area contributed by atoms with Crippen LogP contribution >= 0.6 is 0 Å². The van der Waals surface area contributed by atoms with Crippen molar-refractivity contribution in [3.05, 3.63) is 58.9 Å². The first-order valence-electron chi connectivity index (χ1n) is 9.17. The second-order valence-electron chi connectivity index (χ2n) is 6.72. The van der Waals surface area contributed by atoms with Crippen molar-refractivity contribution in [2.45, 2.75) is 19.4 Å². The van der Waals surface area contributed by atoms with Gasteiger partial charge in [0.05, 0.1) is 23.4 Å². The summed E-state index contributed by atoms with van der Waals surface area (Å²) in [5.74, 6) is -0.129. The van der Waals surface area contributed by atoms with Gasteiger partial charge in [-0.2, -0.15) is 0 Å². The molecule has 4 rings (SSSR count). The van der Waals surface area contributed by atoms with Gasteiger partial charge in [-0.25, -0.2) is 13.1 Å². The van der Waals surface area contributed by atoms with Gasteiger partial charge in [0.15, 0.2) is 0 Å².